The summed E-state index contributed by atoms with van der Waals surface area (Å²) in [6, 6.07) is 16.3. The van der Waals surface area contributed by atoms with Crippen LogP contribution < -0.4 is 4.74 Å². The van der Waals surface area contributed by atoms with E-state index < -0.39 is 0 Å². The molecule has 1 heterocycles. The minimum Gasteiger partial charge on any atom is -0.490 e. The number of furan rings is 1. The van der Waals surface area contributed by atoms with Crippen molar-refractivity contribution < 1.29 is 18.3 Å². The number of halogens is 2. The molecule has 0 spiro atoms. The maximum absolute atomic E-state index is 13.0. The molecule has 1 aromatic heterocycles. The van der Waals surface area contributed by atoms with Crippen molar-refractivity contribution in [3.63, 3.8) is 0 Å². The molecule has 1 amide bonds. The van der Waals surface area contributed by atoms with Crippen LogP contribution in [-0.2, 0) is 0 Å². The fourth-order valence-electron chi connectivity index (χ4n) is 2.37. The standard InChI is InChI=1S/C20H17ClFNO3/c1-23(12-13-25-18-5-3-2-4-16(18)21)20(24)19-11-10-17(26-19)14-6-8-15(22)9-7-14/h2-11H,12-13H2,1H3. The number of nitrogens with zero attached hydrogens (tertiary/aromatic N) is 1. The second-order valence-corrected chi connectivity index (χ2v) is 6.08. The van der Waals surface area contributed by atoms with Gasteiger partial charge in [0.1, 0.15) is 23.9 Å². The summed E-state index contributed by atoms with van der Waals surface area (Å²) < 4.78 is 24.2. The van der Waals surface area contributed by atoms with Gasteiger partial charge in [-0.1, -0.05) is 23.7 Å². The summed E-state index contributed by atoms with van der Waals surface area (Å²) in [5, 5.41) is 0.524. The number of likely N-dealkylation sites (N-methyl/N-ethyl adjacent to an activating group) is 1. The smallest absolute Gasteiger partial charge is 0.289 e. The maximum atomic E-state index is 13.0. The molecule has 6 heteroatoms. The second-order valence-electron chi connectivity index (χ2n) is 5.68. The zero-order valence-corrected chi connectivity index (χ0v) is 14.9. The molecule has 0 atom stereocenters. The van der Waals surface area contributed by atoms with Crippen LogP contribution in [0.3, 0.4) is 0 Å². The van der Waals surface area contributed by atoms with Crippen LogP contribution in [-0.4, -0.2) is 31.0 Å². The number of hydrogen-bond acceptors (Lipinski definition) is 3. The highest BCUT2D eigenvalue weighted by molar-refractivity contribution is 6.32. The zero-order chi connectivity index (χ0) is 18.5. The molecule has 0 fully saturated rings. The van der Waals surface area contributed by atoms with Crippen molar-refractivity contribution in [2.75, 3.05) is 20.2 Å². The van der Waals surface area contributed by atoms with Gasteiger partial charge < -0.3 is 14.1 Å². The third kappa shape index (κ3) is 4.24. The van der Waals surface area contributed by atoms with E-state index in [-0.39, 0.29) is 17.5 Å². The quantitative estimate of drug-likeness (QED) is 0.617. The van der Waals surface area contributed by atoms with Gasteiger partial charge in [-0.15, -0.1) is 0 Å². The molecule has 0 radical (unpaired) electrons. The highest BCUT2D eigenvalue weighted by Gasteiger charge is 2.17. The van der Waals surface area contributed by atoms with E-state index in [1.54, 1.807) is 43.4 Å². The molecule has 0 N–H and O–H groups in total. The summed E-state index contributed by atoms with van der Waals surface area (Å²) >= 11 is 6.02. The van der Waals surface area contributed by atoms with Crippen LogP contribution in [0.2, 0.25) is 5.02 Å². The van der Waals surface area contributed by atoms with Crippen LogP contribution in [0.5, 0.6) is 5.75 Å². The molecule has 0 aliphatic carbocycles. The largest absolute Gasteiger partial charge is 0.490 e. The van der Waals surface area contributed by atoms with E-state index in [2.05, 4.69) is 0 Å². The van der Waals surface area contributed by atoms with Crippen molar-refractivity contribution in [2.24, 2.45) is 0 Å². The van der Waals surface area contributed by atoms with Crippen molar-refractivity contribution in [1.82, 2.24) is 4.90 Å². The van der Waals surface area contributed by atoms with Gasteiger partial charge in [0.2, 0.25) is 0 Å². The van der Waals surface area contributed by atoms with Crippen LogP contribution in [0.1, 0.15) is 10.6 Å². The molecule has 0 saturated heterocycles. The number of carbonyl (C=O) groups excluding carboxylic acids is 1. The molecule has 0 aliphatic heterocycles. The Bertz CT molecular complexity index is 892. The van der Waals surface area contributed by atoms with E-state index >= 15 is 0 Å². The van der Waals surface area contributed by atoms with Gasteiger partial charge in [0.15, 0.2) is 5.76 Å². The Morgan fingerprint density at radius 2 is 1.85 bits per heavy atom. The molecule has 26 heavy (non-hydrogen) atoms. The van der Waals surface area contributed by atoms with Crippen molar-refractivity contribution in [3.05, 3.63) is 77.3 Å². The number of amides is 1. The van der Waals surface area contributed by atoms with E-state index in [0.717, 1.165) is 0 Å². The van der Waals surface area contributed by atoms with Gasteiger partial charge in [-0.05, 0) is 48.5 Å². The van der Waals surface area contributed by atoms with Gasteiger partial charge in [0.25, 0.3) is 5.91 Å². The molecule has 3 aromatic rings. The summed E-state index contributed by atoms with van der Waals surface area (Å²) in [6.45, 7) is 0.675. The normalized spacial score (nSPS) is 10.6. The molecule has 134 valence electrons. The topological polar surface area (TPSA) is 42.7 Å². The van der Waals surface area contributed by atoms with E-state index in [4.69, 9.17) is 20.8 Å². The van der Waals surface area contributed by atoms with Crippen LogP contribution in [0.4, 0.5) is 4.39 Å². The zero-order valence-electron chi connectivity index (χ0n) is 14.1. The third-order valence-electron chi connectivity index (χ3n) is 3.81. The first-order valence-electron chi connectivity index (χ1n) is 8.03. The van der Waals surface area contributed by atoms with Gasteiger partial charge in [0.05, 0.1) is 11.6 Å². The summed E-state index contributed by atoms with van der Waals surface area (Å²) in [7, 11) is 1.67. The monoisotopic (exact) mass is 373 g/mol. The lowest BCUT2D eigenvalue weighted by Gasteiger charge is -2.16. The first-order chi connectivity index (χ1) is 12.5. The number of rotatable bonds is 6. The Morgan fingerprint density at radius 3 is 2.58 bits per heavy atom. The summed E-state index contributed by atoms with van der Waals surface area (Å²) in [4.78, 5) is 13.9. The molecule has 0 aliphatic rings. The predicted octanol–water partition coefficient (Wildman–Crippen LogP) is 4.89. The van der Waals surface area contributed by atoms with Crippen molar-refractivity contribution >= 4 is 17.5 Å². The second kappa shape index (κ2) is 8.06. The molecular formula is C20H17ClFNO3. The summed E-state index contributed by atoms with van der Waals surface area (Å²) in [5.41, 5.74) is 0.704. The lowest BCUT2D eigenvalue weighted by Crippen LogP contribution is -2.30. The summed E-state index contributed by atoms with van der Waals surface area (Å²) in [5.74, 6) is 0.709. The first kappa shape index (κ1) is 18.0. The Morgan fingerprint density at radius 1 is 1.12 bits per heavy atom. The lowest BCUT2D eigenvalue weighted by molar-refractivity contribution is 0.0743. The molecule has 3 rings (SSSR count). The molecular weight excluding hydrogens is 357 g/mol. The lowest BCUT2D eigenvalue weighted by atomic mass is 10.2. The Hall–Kier alpha value is -2.79. The van der Waals surface area contributed by atoms with Gasteiger partial charge in [-0.25, -0.2) is 4.39 Å². The first-order valence-corrected chi connectivity index (χ1v) is 8.41. The number of ether oxygens (including phenoxy) is 1. The summed E-state index contributed by atoms with van der Waals surface area (Å²) in [6.07, 6.45) is 0. The number of carbonyl (C=O) groups is 1. The molecule has 0 bridgehead atoms. The Labute approximate surface area is 155 Å². The fourth-order valence-corrected chi connectivity index (χ4v) is 2.56. The minimum absolute atomic E-state index is 0.213. The molecule has 0 unspecified atom stereocenters. The van der Waals surface area contributed by atoms with Gasteiger partial charge >= 0.3 is 0 Å². The number of para-hydroxylation sites is 1. The van der Waals surface area contributed by atoms with Crippen LogP contribution >= 0.6 is 11.6 Å². The predicted molar refractivity (Wildman–Crippen MR) is 98.0 cm³/mol. The van der Waals surface area contributed by atoms with Crippen LogP contribution in [0, 0.1) is 5.82 Å². The van der Waals surface area contributed by atoms with Crippen molar-refractivity contribution in [1.29, 1.82) is 0 Å². The number of hydrogen-bond donors (Lipinski definition) is 0. The average molecular weight is 374 g/mol. The minimum atomic E-state index is -0.324. The molecule has 0 saturated carbocycles. The fraction of sp³-hybridized carbons (Fsp3) is 0.150. The van der Waals surface area contributed by atoms with E-state index in [0.29, 0.717) is 35.2 Å². The van der Waals surface area contributed by atoms with Crippen LogP contribution in [0.15, 0.2) is 65.1 Å². The van der Waals surface area contributed by atoms with Gasteiger partial charge in [0, 0.05) is 12.6 Å². The van der Waals surface area contributed by atoms with Gasteiger partial charge in [-0.2, -0.15) is 0 Å². The van der Waals surface area contributed by atoms with Crippen molar-refractivity contribution in [2.45, 2.75) is 0 Å². The average Bonchev–Trinajstić information content (AvgIpc) is 3.13. The maximum Gasteiger partial charge on any atom is 0.289 e. The third-order valence-corrected chi connectivity index (χ3v) is 4.13. The number of benzene rings is 2. The Balaban J connectivity index is 1.58. The molecule has 2 aromatic carbocycles. The Kier molecular flexibility index (Phi) is 5.58. The van der Waals surface area contributed by atoms with E-state index in [1.807, 2.05) is 12.1 Å². The SMILES string of the molecule is CN(CCOc1ccccc1Cl)C(=O)c1ccc(-c2ccc(F)cc2)o1. The molecule has 4 nitrogen and oxygen atoms in total. The van der Waals surface area contributed by atoms with E-state index in [1.165, 1.54) is 17.0 Å². The van der Waals surface area contributed by atoms with E-state index in [9.17, 15) is 9.18 Å². The highest BCUT2D eigenvalue weighted by Crippen LogP contribution is 2.24. The highest BCUT2D eigenvalue weighted by atomic mass is 35.5. The van der Waals surface area contributed by atoms with Gasteiger partial charge in [-0.3, -0.25) is 4.79 Å². The van der Waals surface area contributed by atoms with Crippen LogP contribution in [0.25, 0.3) is 11.3 Å². The van der Waals surface area contributed by atoms with Crippen molar-refractivity contribution in [3.8, 4) is 17.1 Å².